The highest BCUT2D eigenvalue weighted by molar-refractivity contribution is 5.87. The van der Waals surface area contributed by atoms with Crippen LogP contribution in [-0.2, 0) is 4.79 Å². The Bertz CT molecular complexity index is 732. The summed E-state index contributed by atoms with van der Waals surface area (Å²) in [6.07, 6.45) is 5.12. The van der Waals surface area contributed by atoms with Crippen molar-refractivity contribution in [1.82, 2.24) is 19.7 Å². The van der Waals surface area contributed by atoms with Gasteiger partial charge in [0.25, 0.3) is 0 Å². The summed E-state index contributed by atoms with van der Waals surface area (Å²) in [6, 6.07) is 7.38. The molecule has 19 heavy (non-hydrogen) atoms. The first-order valence-electron chi connectivity index (χ1n) is 5.77. The lowest BCUT2D eigenvalue weighted by molar-refractivity contribution is -0.114. The van der Waals surface area contributed by atoms with Crippen molar-refractivity contribution < 1.29 is 4.79 Å². The number of rotatable bonds is 2. The first-order chi connectivity index (χ1) is 9.24. The van der Waals surface area contributed by atoms with Gasteiger partial charge < -0.3 is 5.32 Å². The minimum absolute atomic E-state index is 0.147. The van der Waals surface area contributed by atoms with Crippen molar-refractivity contribution >= 4 is 22.8 Å². The molecule has 3 aromatic rings. The van der Waals surface area contributed by atoms with Gasteiger partial charge in [0, 0.05) is 18.5 Å². The zero-order valence-electron chi connectivity index (χ0n) is 10.2. The number of hydrogen-bond acceptors (Lipinski definition) is 4. The van der Waals surface area contributed by atoms with Crippen LogP contribution in [0.25, 0.3) is 16.7 Å². The van der Waals surface area contributed by atoms with Crippen molar-refractivity contribution in [1.29, 1.82) is 0 Å². The number of hydrogen-bond donors (Lipinski definition) is 1. The van der Waals surface area contributed by atoms with Gasteiger partial charge in [-0.25, -0.2) is 14.6 Å². The Labute approximate surface area is 109 Å². The predicted molar refractivity (Wildman–Crippen MR) is 71.0 cm³/mol. The van der Waals surface area contributed by atoms with E-state index >= 15 is 0 Å². The van der Waals surface area contributed by atoms with Gasteiger partial charge >= 0.3 is 0 Å². The molecule has 0 fully saturated rings. The average molecular weight is 253 g/mol. The molecule has 0 unspecified atom stereocenters. The minimum atomic E-state index is -0.147. The third-order valence-corrected chi connectivity index (χ3v) is 2.63. The van der Waals surface area contributed by atoms with E-state index in [1.807, 2.05) is 18.2 Å². The highest BCUT2D eigenvalue weighted by atomic mass is 16.1. The number of anilines is 1. The van der Waals surface area contributed by atoms with Gasteiger partial charge in [-0.3, -0.25) is 4.79 Å². The molecular weight excluding hydrogens is 242 g/mol. The highest BCUT2D eigenvalue weighted by Crippen LogP contribution is 2.16. The molecular formula is C13H11N5O. The Morgan fingerprint density at radius 1 is 1.21 bits per heavy atom. The second-order valence-corrected chi connectivity index (χ2v) is 4.06. The van der Waals surface area contributed by atoms with E-state index in [0.29, 0.717) is 5.82 Å². The number of nitrogens with zero attached hydrogens (tertiary/aromatic N) is 4. The van der Waals surface area contributed by atoms with Crippen molar-refractivity contribution in [2.75, 3.05) is 5.32 Å². The summed E-state index contributed by atoms with van der Waals surface area (Å²) >= 11 is 0. The van der Waals surface area contributed by atoms with Crippen LogP contribution in [0.1, 0.15) is 6.92 Å². The molecule has 0 aliphatic rings. The molecule has 6 nitrogen and oxygen atoms in total. The third-order valence-electron chi connectivity index (χ3n) is 2.63. The molecule has 0 saturated heterocycles. The van der Waals surface area contributed by atoms with Crippen molar-refractivity contribution in [3.8, 4) is 5.69 Å². The highest BCUT2D eigenvalue weighted by Gasteiger charge is 2.06. The SMILES string of the molecule is CC(=O)Nc1ccc(-n2ncc3cccnc32)cn1. The van der Waals surface area contributed by atoms with Crippen LogP contribution in [0.15, 0.2) is 42.9 Å². The number of fused-ring (bicyclic) bond motifs is 1. The summed E-state index contributed by atoms with van der Waals surface area (Å²) in [7, 11) is 0. The van der Waals surface area contributed by atoms with Gasteiger partial charge in [0.1, 0.15) is 5.82 Å². The second kappa shape index (κ2) is 4.49. The van der Waals surface area contributed by atoms with Crippen LogP contribution in [0.2, 0.25) is 0 Å². The van der Waals surface area contributed by atoms with Gasteiger partial charge in [0.05, 0.1) is 18.1 Å². The standard InChI is InChI=1S/C13H11N5O/c1-9(19)17-12-5-4-11(8-15-12)18-13-10(7-16-18)3-2-6-14-13/h2-8H,1H3,(H,15,17,19). The van der Waals surface area contributed by atoms with Crippen molar-refractivity contribution in [2.24, 2.45) is 0 Å². The summed E-state index contributed by atoms with van der Waals surface area (Å²) in [6.45, 7) is 1.44. The lowest BCUT2D eigenvalue weighted by Gasteiger charge is -2.04. The number of amides is 1. The molecule has 0 spiro atoms. The van der Waals surface area contributed by atoms with E-state index in [0.717, 1.165) is 16.7 Å². The molecule has 3 heterocycles. The number of aromatic nitrogens is 4. The summed E-state index contributed by atoms with van der Waals surface area (Å²) in [5.41, 5.74) is 1.57. The van der Waals surface area contributed by atoms with E-state index in [4.69, 9.17) is 0 Å². The molecule has 0 saturated carbocycles. The van der Waals surface area contributed by atoms with E-state index in [9.17, 15) is 4.79 Å². The molecule has 1 amide bonds. The Kier molecular flexibility index (Phi) is 2.68. The summed E-state index contributed by atoms with van der Waals surface area (Å²) in [5, 5.41) is 7.87. The fourth-order valence-electron chi connectivity index (χ4n) is 1.82. The lowest BCUT2D eigenvalue weighted by atomic mass is 10.3. The van der Waals surface area contributed by atoms with E-state index in [-0.39, 0.29) is 5.91 Å². The average Bonchev–Trinajstić information content (AvgIpc) is 2.83. The van der Waals surface area contributed by atoms with Crippen LogP contribution in [0.5, 0.6) is 0 Å². The molecule has 0 radical (unpaired) electrons. The topological polar surface area (TPSA) is 72.7 Å². The molecule has 6 heteroatoms. The van der Waals surface area contributed by atoms with Crippen molar-refractivity contribution in [2.45, 2.75) is 6.92 Å². The van der Waals surface area contributed by atoms with Gasteiger partial charge in [0.15, 0.2) is 5.65 Å². The number of carbonyl (C=O) groups excluding carboxylic acids is 1. The normalized spacial score (nSPS) is 10.6. The summed E-state index contributed by atoms with van der Waals surface area (Å²) in [4.78, 5) is 19.4. The molecule has 0 bridgehead atoms. The summed E-state index contributed by atoms with van der Waals surface area (Å²) < 4.78 is 1.71. The quantitative estimate of drug-likeness (QED) is 0.755. The maximum Gasteiger partial charge on any atom is 0.222 e. The second-order valence-electron chi connectivity index (χ2n) is 4.06. The number of nitrogens with one attached hydrogen (secondary N) is 1. The lowest BCUT2D eigenvalue weighted by Crippen LogP contribution is -2.07. The van der Waals surface area contributed by atoms with Gasteiger partial charge in [-0.15, -0.1) is 0 Å². The largest absolute Gasteiger partial charge is 0.311 e. The van der Waals surface area contributed by atoms with Gasteiger partial charge in [0.2, 0.25) is 5.91 Å². The third kappa shape index (κ3) is 2.15. The van der Waals surface area contributed by atoms with E-state index < -0.39 is 0 Å². The molecule has 0 aromatic carbocycles. The minimum Gasteiger partial charge on any atom is -0.311 e. The van der Waals surface area contributed by atoms with E-state index in [2.05, 4.69) is 20.4 Å². The first-order valence-corrected chi connectivity index (χ1v) is 5.77. The molecule has 0 aliphatic carbocycles. The van der Waals surface area contributed by atoms with Crippen LogP contribution >= 0.6 is 0 Å². The van der Waals surface area contributed by atoms with Crippen LogP contribution < -0.4 is 5.32 Å². The molecule has 1 N–H and O–H groups in total. The Morgan fingerprint density at radius 3 is 2.84 bits per heavy atom. The molecule has 0 aliphatic heterocycles. The van der Waals surface area contributed by atoms with E-state index in [1.54, 1.807) is 29.3 Å². The van der Waals surface area contributed by atoms with Crippen LogP contribution in [0, 0.1) is 0 Å². The van der Waals surface area contributed by atoms with Gasteiger partial charge in [-0.05, 0) is 24.3 Å². The Hall–Kier alpha value is -2.76. The maximum absolute atomic E-state index is 10.9. The number of carbonyl (C=O) groups is 1. The molecule has 3 rings (SSSR count). The van der Waals surface area contributed by atoms with Crippen LogP contribution in [0.3, 0.4) is 0 Å². The zero-order valence-corrected chi connectivity index (χ0v) is 10.2. The predicted octanol–water partition coefficient (Wildman–Crippen LogP) is 1.77. The fourth-order valence-corrected chi connectivity index (χ4v) is 1.82. The maximum atomic E-state index is 10.9. The fraction of sp³-hybridized carbons (Fsp3) is 0.0769. The molecule has 0 atom stereocenters. The Morgan fingerprint density at radius 2 is 2.11 bits per heavy atom. The monoisotopic (exact) mass is 253 g/mol. The summed E-state index contributed by atoms with van der Waals surface area (Å²) in [5.74, 6) is 0.368. The Balaban J connectivity index is 2.00. The number of pyridine rings is 2. The van der Waals surface area contributed by atoms with E-state index in [1.165, 1.54) is 6.92 Å². The van der Waals surface area contributed by atoms with Crippen molar-refractivity contribution in [3.63, 3.8) is 0 Å². The van der Waals surface area contributed by atoms with Crippen LogP contribution in [0.4, 0.5) is 5.82 Å². The molecule has 3 aromatic heterocycles. The zero-order chi connectivity index (χ0) is 13.2. The van der Waals surface area contributed by atoms with Crippen molar-refractivity contribution in [3.05, 3.63) is 42.9 Å². The smallest absolute Gasteiger partial charge is 0.222 e. The molecule has 94 valence electrons. The van der Waals surface area contributed by atoms with Crippen LogP contribution in [-0.4, -0.2) is 25.7 Å². The van der Waals surface area contributed by atoms with Gasteiger partial charge in [-0.1, -0.05) is 0 Å². The van der Waals surface area contributed by atoms with Gasteiger partial charge in [-0.2, -0.15) is 5.10 Å². The first kappa shape index (κ1) is 11.3.